The summed E-state index contributed by atoms with van der Waals surface area (Å²) in [5.41, 5.74) is 5.13. The first-order valence-electron chi connectivity index (χ1n) is 11.3. The fraction of sp³-hybridized carbons (Fsp3) is 0.444. The summed E-state index contributed by atoms with van der Waals surface area (Å²) in [6.07, 6.45) is 0. The molecule has 0 saturated heterocycles. The third-order valence-electron chi connectivity index (χ3n) is 5.36. The maximum Gasteiger partial charge on any atom is 0.343 e. The summed E-state index contributed by atoms with van der Waals surface area (Å²) in [5, 5.41) is 0. The first-order chi connectivity index (χ1) is 16.6. The van der Waals surface area contributed by atoms with Crippen molar-refractivity contribution in [1.82, 2.24) is 0 Å². The number of hydrogen-bond donors (Lipinski definition) is 1. The molecule has 0 aliphatic rings. The Morgan fingerprint density at radius 3 is 1.69 bits per heavy atom. The van der Waals surface area contributed by atoms with Crippen LogP contribution in [0.3, 0.4) is 0 Å². The van der Waals surface area contributed by atoms with Gasteiger partial charge in [0.1, 0.15) is 0 Å². The third-order valence-corrected chi connectivity index (χ3v) is 5.36. The second-order valence-electron chi connectivity index (χ2n) is 10.3. The van der Waals surface area contributed by atoms with Gasteiger partial charge in [-0.15, -0.1) is 0 Å². The fourth-order valence-corrected chi connectivity index (χ4v) is 3.01. The van der Waals surface area contributed by atoms with Crippen molar-refractivity contribution in [2.75, 3.05) is 21.3 Å². The maximum atomic E-state index is 13.1. The van der Waals surface area contributed by atoms with E-state index in [0.717, 1.165) is 0 Å². The van der Waals surface area contributed by atoms with Crippen molar-refractivity contribution in [3.05, 3.63) is 41.5 Å². The summed E-state index contributed by atoms with van der Waals surface area (Å²) in [7, 11) is 4.28. The Bertz CT molecular complexity index is 1120. The number of methoxy groups -OCH3 is 3. The smallest absolute Gasteiger partial charge is 0.343 e. The molecule has 0 aromatic heterocycles. The molecule has 0 bridgehead atoms. The molecule has 1 atom stereocenters. The summed E-state index contributed by atoms with van der Waals surface area (Å²) in [5.74, 6) is -1.01. The lowest BCUT2D eigenvalue weighted by molar-refractivity contribution is -0.143. The molecule has 0 aliphatic heterocycles. The van der Waals surface area contributed by atoms with Gasteiger partial charge in [0, 0.05) is 5.56 Å². The highest BCUT2D eigenvalue weighted by atomic mass is 16.6. The van der Waals surface area contributed by atoms with Crippen LogP contribution in [-0.2, 0) is 4.79 Å². The van der Waals surface area contributed by atoms with Crippen LogP contribution in [0.1, 0.15) is 62.3 Å². The van der Waals surface area contributed by atoms with Gasteiger partial charge < -0.3 is 29.4 Å². The van der Waals surface area contributed by atoms with Crippen LogP contribution in [0.5, 0.6) is 28.7 Å². The van der Waals surface area contributed by atoms with Crippen molar-refractivity contribution < 1.29 is 38.1 Å². The van der Waals surface area contributed by atoms with E-state index >= 15 is 0 Å². The monoisotopic (exact) mass is 501 g/mol. The van der Waals surface area contributed by atoms with E-state index in [9.17, 15) is 14.4 Å². The zero-order valence-corrected chi connectivity index (χ0v) is 22.3. The first kappa shape index (κ1) is 28.6. The summed E-state index contributed by atoms with van der Waals surface area (Å²) in [6, 6.07) is 6.28. The normalized spacial score (nSPS) is 12.4. The fourth-order valence-electron chi connectivity index (χ4n) is 3.01. The number of carbonyl (C=O) groups is 3. The Morgan fingerprint density at radius 1 is 0.722 bits per heavy atom. The van der Waals surface area contributed by atoms with Crippen molar-refractivity contribution in [2.24, 2.45) is 16.6 Å². The molecule has 2 N–H and O–H groups in total. The van der Waals surface area contributed by atoms with Crippen LogP contribution in [-0.4, -0.2) is 45.1 Å². The number of nitrogens with two attached hydrogens (primary N) is 1. The highest BCUT2D eigenvalue weighted by Crippen LogP contribution is 2.39. The van der Waals surface area contributed by atoms with Gasteiger partial charge in [0.2, 0.25) is 5.75 Å². The topological polar surface area (TPSA) is 123 Å². The molecule has 196 valence electrons. The molecular weight excluding hydrogens is 466 g/mol. The van der Waals surface area contributed by atoms with Crippen molar-refractivity contribution >= 4 is 17.7 Å². The van der Waals surface area contributed by atoms with Gasteiger partial charge in [-0.05, 0) is 56.5 Å². The minimum atomic E-state index is -0.818. The van der Waals surface area contributed by atoms with E-state index in [2.05, 4.69) is 0 Å². The standard InChI is InChI=1S/C27H35NO8/c1-26(2,3)23(28)21(29)15-10-11-17(36-25(31)27(4,5)6)18(12-15)35-24(30)16-13-19(32-7)22(34-9)20(14-16)33-8/h10-14,23H,28H2,1-9H3. The Balaban J connectivity index is 2.54. The average Bonchev–Trinajstić information content (AvgIpc) is 2.81. The molecule has 2 aromatic rings. The second kappa shape index (κ2) is 11.0. The molecule has 0 radical (unpaired) electrons. The van der Waals surface area contributed by atoms with E-state index in [1.165, 1.54) is 51.7 Å². The Labute approximate surface area is 211 Å². The summed E-state index contributed by atoms with van der Waals surface area (Å²) in [6.45, 7) is 10.6. The molecule has 0 amide bonds. The van der Waals surface area contributed by atoms with E-state index in [-0.39, 0.29) is 39.9 Å². The molecule has 0 aliphatic carbocycles. The SMILES string of the molecule is COc1cc(C(=O)Oc2cc(C(=O)C(N)C(C)(C)C)ccc2OC(=O)C(C)(C)C)cc(OC)c1OC. The largest absolute Gasteiger partial charge is 0.493 e. The molecule has 9 nitrogen and oxygen atoms in total. The first-order valence-corrected chi connectivity index (χ1v) is 11.3. The lowest BCUT2D eigenvalue weighted by Gasteiger charge is -2.26. The van der Waals surface area contributed by atoms with Gasteiger partial charge in [0.15, 0.2) is 28.8 Å². The average molecular weight is 502 g/mol. The van der Waals surface area contributed by atoms with Crippen LogP contribution in [0.4, 0.5) is 0 Å². The number of ketones is 1. The van der Waals surface area contributed by atoms with Crippen LogP contribution in [0.15, 0.2) is 30.3 Å². The summed E-state index contributed by atoms with van der Waals surface area (Å²) in [4.78, 5) is 38.7. The quantitative estimate of drug-likeness (QED) is 0.318. The molecule has 0 saturated carbocycles. The summed E-state index contributed by atoms with van der Waals surface area (Å²) >= 11 is 0. The second-order valence-corrected chi connectivity index (χ2v) is 10.3. The Kier molecular flexibility index (Phi) is 8.75. The van der Waals surface area contributed by atoms with E-state index in [1.54, 1.807) is 20.8 Å². The summed E-state index contributed by atoms with van der Waals surface area (Å²) < 4.78 is 27.0. The van der Waals surface area contributed by atoms with E-state index in [1.807, 2.05) is 20.8 Å². The molecular formula is C27H35NO8. The Morgan fingerprint density at radius 2 is 1.25 bits per heavy atom. The van der Waals surface area contributed by atoms with Crippen molar-refractivity contribution in [3.63, 3.8) is 0 Å². The number of benzene rings is 2. The van der Waals surface area contributed by atoms with Crippen LogP contribution >= 0.6 is 0 Å². The van der Waals surface area contributed by atoms with Gasteiger partial charge in [-0.25, -0.2) is 4.79 Å². The molecule has 2 aromatic carbocycles. The number of Topliss-reactive ketones (excluding diaryl/α,β-unsaturated/α-hetero) is 1. The van der Waals surface area contributed by atoms with Crippen LogP contribution in [0.2, 0.25) is 0 Å². The molecule has 0 spiro atoms. The lowest BCUT2D eigenvalue weighted by atomic mass is 9.83. The zero-order chi connectivity index (χ0) is 27.4. The van der Waals surface area contributed by atoms with Gasteiger partial charge in [0.25, 0.3) is 0 Å². The van der Waals surface area contributed by atoms with Gasteiger partial charge in [-0.1, -0.05) is 20.8 Å². The molecule has 2 rings (SSSR count). The molecule has 36 heavy (non-hydrogen) atoms. The number of ether oxygens (including phenoxy) is 5. The molecule has 1 unspecified atom stereocenters. The van der Waals surface area contributed by atoms with Crippen molar-refractivity contribution in [3.8, 4) is 28.7 Å². The van der Waals surface area contributed by atoms with Crippen LogP contribution in [0.25, 0.3) is 0 Å². The molecule has 9 heteroatoms. The van der Waals surface area contributed by atoms with E-state index in [4.69, 9.17) is 29.4 Å². The highest BCUT2D eigenvalue weighted by molar-refractivity contribution is 6.01. The lowest BCUT2D eigenvalue weighted by Crippen LogP contribution is -2.42. The minimum absolute atomic E-state index is 0.0170. The van der Waals surface area contributed by atoms with Gasteiger partial charge in [0.05, 0.1) is 38.3 Å². The van der Waals surface area contributed by atoms with Crippen molar-refractivity contribution in [1.29, 1.82) is 0 Å². The number of rotatable bonds is 8. The van der Waals surface area contributed by atoms with Crippen molar-refractivity contribution in [2.45, 2.75) is 47.6 Å². The van der Waals surface area contributed by atoms with Crippen LogP contribution < -0.4 is 29.4 Å². The van der Waals surface area contributed by atoms with Gasteiger partial charge >= 0.3 is 11.9 Å². The third kappa shape index (κ3) is 6.54. The van der Waals surface area contributed by atoms with Gasteiger partial charge in [-0.2, -0.15) is 0 Å². The van der Waals surface area contributed by atoms with E-state index < -0.39 is 28.8 Å². The highest BCUT2D eigenvalue weighted by Gasteiger charge is 2.30. The van der Waals surface area contributed by atoms with Gasteiger partial charge in [-0.3, -0.25) is 9.59 Å². The number of hydrogen-bond acceptors (Lipinski definition) is 9. The zero-order valence-electron chi connectivity index (χ0n) is 22.3. The van der Waals surface area contributed by atoms with E-state index in [0.29, 0.717) is 5.75 Å². The van der Waals surface area contributed by atoms with Crippen LogP contribution in [0, 0.1) is 10.8 Å². The predicted octanol–water partition coefficient (Wildman–Crippen LogP) is 4.44. The Hall–Kier alpha value is -3.59. The molecule has 0 fully saturated rings. The number of carbonyl (C=O) groups excluding carboxylic acids is 3. The maximum absolute atomic E-state index is 13.1. The molecule has 0 heterocycles. The minimum Gasteiger partial charge on any atom is -0.493 e. The number of esters is 2. The predicted molar refractivity (Wildman–Crippen MR) is 134 cm³/mol.